The number of nitrogens with zero attached hydrogens (tertiary/aromatic N) is 2. The molecule has 0 saturated carbocycles. The SMILES string of the molecule is CN1CC(O)C/N=C(/c2ccccc2Cl)c2ccccc21. The number of likely N-dealkylation sites (N-methyl/N-ethyl adjacent to an activating group) is 1. The number of fused-ring (bicyclic) bond motifs is 1. The third-order valence-electron chi connectivity index (χ3n) is 3.64. The number of aliphatic hydroxyl groups is 1. The highest BCUT2D eigenvalue weighted by Crippen LogP contribution is 2.27. The molecule has 0 radical (unpaired) electrons. The number of β-amino-alcohol motifs (C(OH)–C–C–N with tert-alkyl or cyclic N) is 1. The lowest BCUT2D eigenvalue weighted by molar-refractivity contribution is 0.190. The molecule has 1 N–H and O–H groups in total. The third-order valence-corrected chi connectivity index (χ3v) is 3.97. The highest BCUT2D eigenvalue weighted by atomic mass is 35.5. The molecule has 108 valence electrons. The Bertz CT molecular complexity index is 684. The zero-order valence-electron chi connectivity index (χ0n) is 11.8. The molecule has 3 rings (SSSR count). The number of benzene rings is 2. The second kappa shape index (κ2) is 5.88. The van der Waals surface area contributed by atoms with Gasteiger partial charge in [0.05, 0.1) is 18.4 Å². The fraction of sp³-hybridized carbons (Fsp3) is 0.235. The molecule has 0 amide bonds. The number of hydrogen-bond donors (Lipinski definition) is 1. The summed E-state index contributed by atoms with van der Waals surface area (Å²) in [5, 5.41) is 10.7. The maximum atomic E-state index is 10.1. The average Bonchev–Trinajstić information content (AvgIpc) is 2.48. The third kappa shape index (κ3) is 2.80. The van der Waals surface area contributed by atoms with Gasteiger partial charge in [0.15, 0.2) is 0 Å². The summed E-state index contributed by atoms with van der Waals surface area (Å²) in [6.45, 7) is 0.940. The van der Waals surface area contributed by atoms with Gasteiger partial charge in [-0.2, -0.15) is 0 Å². The highest BCUT2D eigenvalue weighted by Gasteiger charge is 2.20. The van der Waals surface area contributed by atoms with Crippen molar-refractivity contribution in [2.45, 2.75) is 6.10 Å². The van der Waals surface area contributed by atoms with Crippen molar-refractivity contribution < 1.29 is 5.11 Å². The number of halogens is 1. The lowest BCUT2D eigenvalue weighted by atomic mass is 9.99. The van der Waals surface area contributed by atoms with E-state index >= 15 is 0 Å². The highest BCUT2D eigenvalue weighted by molar-refractivity contribution is 6.35. The van der Waals surface area contributed by atoms with Crippen LogP contribution in [0.2, 0.25) is 5.02 Å². The van der Waals surface area contributed by atoms with Gasteiger partial charge in [-0.15, -0.1) is 0 Å². The molecule has 0 bridgehead atoms. The Morgan fingerprint density at radius 2 is 1.76 bits per heavy atom. The summed E-state index contributed by atoms with van der Waals surface area (Å²) in [5.41, 5.74) is 3.82. The van der Waals surface area contributed by atoms with Gasteiger partial charge in [0.25, 0.3) is 0 Å². The molecule has 1 unspecified atom stereocenters. The predicted octanol–water partition coefficient (Wildman–Crippen LogP) is 2.99. The summed E-state index contributed by atoms with van der Waals surface area (Å²) in [6.07, 6.45) is -0.485. The first-order valence-electron chi connectivity index (χ1n) is 6.95. The van der Waals surface area contributed by atoms with Crippen LogP contribution in [-0.4, -0.2) is 37.1 Å². The minimum absolute atomic E-state index is 0.374. The fourth-order valence-corrected chi connectivity index (χ4v) is 2.87. The van der Waals surface area contributed by atoms with Crippen LogP contribution in [-0.2, 0) is 0 Å². The molecule has 0 fully saturated rings. The Hall–Kier alpha value is -1.84. The second-order valence-electron chi connectivity index (χ2n) is 5.22. The van der Waals surface area contributed by atoms with Gasteiger partial charge in [0, 0.05) is 35.4 Å². The number of rotatable bonds is 1. The van der Waals surface area contributed by atoms with Crippen molar-refractivity contribution in [3.63, 3.8) is 0 Å². The summed E-state index contributed by atoms with van der Waals surface area (Å²) in [7, 11) is 1.98. The Morgan fingerprint density at radius 3 is 2.52 bits per heavy atom. The average molecular weight is 301 g/mol. The molecule has 0 aliphatic carbocycles. The van der Waals surface area contributed by atoms with E-state index in [1.165, 1.54) is 0 Å². The number of para-hydroxylation sites is 1. The normalized spacial score (nSPS) is 21.0. The van der Waals surface area contributed by atoms with E-state index in [0.717, 1.165) is 22.5 Å². The molecule has 21 heavy (non-hydrogen) atoms. The first-order chi connectivity index (χ1) is 10.2. The van der Waals surface area contributed by atoms with Crippen molar-refractivity contribution in [3.05, 3.63) is 64.7 Å². The van der Waals surface area contributed by atoms with Crippen LogP contribution in [0, 0.1) is 0 Å². The molecule has 2 aromatic carbocycles. The lowest BCUT2D eigenvalue weighted by Crippen LogP contribution is -2.34. The molecule has 1 atom stereocenters. The molecule has 0 saturated heterocycles. The van der Waals surface area contributed by atoms with Gasteiger partial charge in [-0.3, -0.25) is 4.99 Å². The molecule has 1 heterocycles. The summed E-state index contributed by atoms with van der Waals surface area (Å²) >= 11 is 6.33. The standard InChI is InChI=1S/C17H17ClN2O/c1-20-11-12(21)10-19-17(13-6-2-4-8-15(13)18)14-7-3-5-9-16(14)20/h2-9,12,21H,10-11H2,1H3/b19-17-. The summed E-state index contributed by atoms with van der Waals surface area (Å²) in [6, 6.07) is 15.8. The van der Waals surface area contributed by atoms with E-state index < -0.39 is 6.10 Å². The number of anilines is 1. The number of aliphatic hydroxyl groups excluding tert-OH is 1. The fourth-order valence-electron chi connectivity index (χ4n) is 2.64. The lowest BCUT2D eigenvalue weighted by Gasteiger charge is -2.27. The minimum Gasteiger partial charge on any atom is -0.389 e. The first kappa shape index (κ1) is 14.1. The Labute approximate surface area is 129 Å². The molecule has 0 aromatic heterocycles. The molecule has 1 aliphatic heterocycles. The summed E-state index contributed by atoms with van der Waals surface area (Å²) in [4.78, 5) is 6.69. The Morgan fingerprint density at radius 1 is 1.10 bits per heavy atom. The van der Waals surface area contributed by atoms with E-state index in [-0.39, 0.29) is 0 Å². The molecule has 3 nitrogen and oxygen atoms in total. The Kier molecular flexibility index (Phi) is 3.95. The van der Waals surface area contributed by atoms with Crippen molar-refractivity contribution in [3.8, 4) is 0 Å². The van der Waals surface area contributed by atoms with E-state index in [0.29, 0.717) is 18.1 Å². The van der Waals surface area contributed by atoms with Crippen LogP contribution >= 0.6 is 11.6 Å². The zero-order chi connectivity index (χ0) is 14.8. The molecular weight excluding hydrogens is 284 g/mol. The maximum absolute atomic E-state index is 10.1. The number of aliphatic imine (C=N–C) groups is 1. The largest absolute Gasteiger partial charge is 0.389 e. The van der Waals surface area contributed by atoms with Gasteiger partial charge in [0.2, 0.25) is 0 Å². The number of hydrogen-bond acceptors (Lipinski definition) is 3. The van der Waals surface area contributed by atoms with E-state index in [1.54, 1.807) is 0 Å². The summed E-state index contributed by atoms with van der Waals surface area (Å²) in [5.74, 6) is 0. The summed E-state index contributed by atoms with van der Waals surface area (Å²) < 4.78 is 0. The second-order valence-corrected chi connectivity index (χ2v) is 5.63. The van der Waals surface area contributed by atoms with Crippen LogP contribution in [0.3, 0.4) is 0 Å². The van der Waals surface area contributed by atoms with Crippen molar-refractivity contribution in [2.24, 2.45) is 4.99 Å². The van der Waals surface area contributed by atoms with Gasteiger partial charge < -0.3 is 10.0 Å². The molecule has 4 heteroatoms. The predicted molar refractivity (Wildman–Crippen MR) is 87.7 cm³/mol. The quantitative estimate of drug-likeness (QED) is 0.879. The van der Waals surface area contributed by atoms with Crippen LogP contribution in [0.5, 0.6) is 0 Å². The van der Waals surface area contributed by atoms with Gasteiger partial charge in [-0.25, -0.2) is 0 Å². The van der Waals surface area contributed by atoms with Crippen molar-refractivity contribution in [1.29, 1.82) is 0 Å². The molecule has 2 aromatic rings. The van der Waals surface area contributed by atoms with Gasteiger partial charge >= 0.3 is 0 Å². The van der Waals surface area contributed by atoms with E-state index in [2.05, 4.69) is 9.89 Å². The van der Waals surface area contributed by atoms with Crippen molar-refractivity contribution in [2.75, 3.05) is 25.0 Å². The van der Waals surface area contributed by atoms with Crippen LogP contribution in [0.4, 0.5) is 5.69 Å². The van der Waals surface area contributed by atoms with Crippen LogP contribution in [0.15, 0.2) is 53.5 Å². The van der Waals surface area contributed by atoms with Crippen molar-refractivity contribution in [1.82, 2.24) is 0 Å². The van der Waals surface area contributed by atoms with Gasteiger partial charge in [-0.05, 0) is 12.1 Å². The smallest absolute Gasteiger partial charge is 0.0909 e. The van der Waals surface area contributed by atoms with Crippen LogP contribution < -0.4 is 4.90 Å². The molecule has 0 spiro atoms. The van der Waals surface area contributed by atoms with E-state index in [1.807, 2.05) is 55.6 Å². The Balaban J connectivity index is 2.20. The molecule has 1 aliphatic rings. The minimum atomic E-state index is -0.485. The molecular formula is C17H17ClN2O. The van der Waals surface area contributed by atoms with Gasteiger partial charge in [-0.1, -0.05) is 48.0 Å². The van der Waals surface area contributed by atoms with E-state index in [9.17, 15) is 5.11 Å². The topological polar surface area (TPSA) is 35.8 Å². The van der Waals surface area contributed by atoms with Crippen LogP contribution in [0.1, 0.15) is 11.1 Å². The van der Waals surface area contributed by atoms with E-state index in [4.69, 9.17) is 11.6 Å². The zero-order valence-corrected chi connectivity index (χ0v) is 12.6. The van der Waals surface area contributed by atoms with Gasteiger partial charge in [0.1, 0.15) is 0 Å². The van der Waals surface area contributed by atoms with Crippen LogP contribution in [0.25, 0.3) is 0 Å². The monoisotopic (exact) mass is 300 g/mol. The maximum Gasteiger partial charge on any atom is 0.0909 e. The van der Waals surface area contributed by atoms with Crippen molar-refractivity contribution >= 4 is 23.0 Å². The first-order valence-corrected chi connectivity index (χ1v) is 7.32.